The number of nitrogens with one attached hydrogen (secondary N) is 1. The second-order valence-electron chi connectivity index (χ2n) is 5.59. The maximum atomic E-state index is 13.9. The first-order valence-electron chi connectivity index (χ1n) is 6.89. The van der Waals surface area contributed by atoms with Crippen LogP contribution in [0.25, 0.3) is 0 Å². The molecule has 0 spiro atoms. The van der Waals surface area contributed by atoms with Crippen molar-refractivity contribution in [2.24, 2.45) is 0 Å². The Bertz CT molecular complexity index is 432. The normalized spacial score (nSPS) is 20.2. The summed E-state index contributed by atoms with van der Waals surface area (Å²) in [5.41, 5.74) is -0.540. The van der Waals surface area contributed by atoms with Gasteiger partial charge in [-0.3, -0.25) is 0 Å². The molecule has 0 aliphatic heterocycles. The van der Waals surface area contributed by atoms with Crippen molar-refractivity contribution in [2.45, 2.75) is 50.6 Å². The first-order valence-corrected chi connectivity index (χ1v) is 6.89. The molecule has 2 nitrogen and oxygen atoms in total. The van der Waals surface area contributed by atoms with Gasteiger partial charge in [-0.1, -0.05) is 25.3 Å². The number of hydrogen-bond donors (Lipinski definition) is 2. The fourth-order valence-electron chi connectivity index (χ4n) is 2.84. The lowest BCUT2D eigenvalue weighted by molar-refractivity contribution is 0.147. The Balaban J connectivity index is 2.20. The monoisotopic (exact) mass is 269 g/mol. The molecule has 1 unspecified atom stereocenters. The molecule has 1 aliphatic carbocycles. The molecule has 1 aliphatic rings. The van der Waals surface area contributed by atoms with Crippen molar-refractivity contribution in [3.05, 3.63) is 35.4 Å². The molecule has 1 aromatic carbocycles. The highest BCUT2D eigenvalue weighted by Crippen LogP contribution is 2.27. The van der Waals surface area contributed by atoms with Gasteiger partial charge in [0, 0.05) is 17.7 Å². The van der Waals surface area contributed by atoms with E-state index in [2.05, 4.69) is 5.32 Å². The van der Waals surface area contributed by atoms with Crippen LogP contribution >= 0.6 is 0 Å². The predicted octanol–water partition coefficient (Wildman–Crippen LogP) is 3.09. The summed E-state index contributed by atoms with van der Waals surface area (Å²) in [6.45, 7) is 1.55. The zero-order valence-corrected chi connectivity index (χ0v) is 11.3. The summed E-state index contributed by atoms with van der Waals surface area (Å²) in [4.78, 5) is 0. The van der Waals surface area contributed by atoms with Gasteiger partial charge in [0.2, 0.25) is 0 Å². The van der Waals surface area contributed by atoms with E-state index in [0.717, 1.165) is 31.7 Å². The molecule has 0 aromatic heterocycles. The Morgan fingerprint density at radius 1 is 1.26 bits per heavy atom. The molecule has 0 bridgehead atoms. The molecule has 1 fully saturated rings. The van der Waals surface area contributed by atoms with Crippen molar-refractivity contribution >= 4 is 0 Å². The van der Waals surface area contributed by atoms with Crippen LogP contribution in [0.4, 0.5) is 8.78 Å². The van der Waals surface area contributed by atoms with E-state index in [1.165, 1.54) is 18.6 Å². The summed E-state index contributed by atoms with van der Waals surface area (Å²) in [5.74, 6) is -1.21. The molecule has 4 heteroatoms. The smallest absolute Gasteiger partial charge is 0.131 e. The van der Waals surface area contributed by atoms with Crippen molar-refractivity contribution < 1.29 is 13.9 Å². The van der Waals surface area contributed by atoms with Gasteiger partial charge < -0.3 is 10.4 Å². The Morgan fingerprint density at radius 2 is 1.95 bits per heavy atom. The lowest BCUT2D eigenvalue weighted by atomic mass is 9.88. The van der Waals surface area contributed by atoms with Crippen LogP contribution in [0.3, 0.4) is 0 Å². The molecule has 106 valence electrons. The minimum atomic E-state index is -0.861. The van der Waals surface area contributed by atoms with Crippen LogP contribution in [0.1, 0.15) is 44.6 Å². The summed E-state index contributed by atoms with van der Waals surface area (Å²) in [6.07, 6.45) is 5.63. The average molecular weight is 269 g/mol. The highest BCUT2D eigenvalue weighted by atomic mass is 19.1. The quantitative estimate of drug-likeness (QED) is 0.880. The minimum Gasteiger partial charge on any atom is -0.394 e. The number of aliphatic hydroxyl groups is 1. The third kappa shape index (κ3) is 3.31. The van der Waals surface area contributed by atoms with Crippen molar-refractivity contribution in [3.63, 3.8) is 0 Å². The fraction of sp³-hybridized carbons (Fsp3) is 0.600. The van der Waals surface area contributed by atoms with Gasteiger partial charge in [0.15, 0.2) is 0 Å². The number of halogens is 2. The summed E-state index contributed by atoms with van der Waals surface area (Å²) in [5, 5.41) is 13.0. The molecule has 2 rings (SSSR count). The van der Waals surface area contributed by atoms with E-state index in [9.17, 15) is 13.9 Å². The molecular weight excluding hydrogens is 248 g/mol. The summed E-state index contributed by atoms with van der Waals surface area (Å²) < 4.78 is 26.9. The molecule has 2 N–H and O–H groups in total. The fourth-order valence-corrected chi connectivity index (χ4v) is 2.84. The maximum Gasteiger partial charge on any atom is 0.131 e. The van der Waals surface area contributed by atoms with Crippen LogP contribution in [0.15, 0.2) is 18.2 Å². The van der Waals surface area contributed by atoms with Gasteiger partial charge in [-0.2, -0.15) is 0 Å². The largest absolute Gasteiger partial charge is 0.394 e. The van der Waals surface area contributed by atoms with Crippen LogP contribution in [0.2, 0.25) is 0 Å². The molecule has 0 heterocycles. The highest BCUT2D eigenvalue weighted by Gasteiger charge is 2.31. The Kier molecular flexibility index (Phi) is 4.53. The van der Waals surface area contributed by atoms with E-state index in [1.54, 1.807) is 6.92 Å². The molecule has 0 saturated heterocycles. The van der Waals surface area contributed by atoms with Gasteiger partial charge in [0.25, 0.3) is 0 Å². The van der Waals surface area contributed by atoms with E-state index < -0.39 is 17.2 Å². The molecule has 1 atom stereocenters. The summed E-state index contributed by atoms with van der Waals surface area (Å²) >= 11 is 0. The molecule has 19 heavy (non-hydrogen) atoms. The second kappa shape index (κ2) is 5.97. The van der Waals surface area contributed by atoms with E-state index in [-0.39, 0.29) is 12.6 Å². The molecule has 1 aromatic rings. The number of aliphatic hydroxyl groups excluding tert-OH is 1. The molecule has 0 radical (unpaired) electrons. The maximum absolute atomic E-state index is 13.9. The third-order valence-corrected chi connectivity index (χ3v) is 3.97. The lowest BCUT2D eigenvalue weighted by Crippen LogP contribution is -2.49. The predicted molar refractivity (Wildman–Crippen MR) is 70.8 cm³/mol. The molecular formula is C15H21F2NO. The lowest BCUT2D eigenvalue weighted by Gasteiger charge is -2.36. The van der Waals surface area contributed by atoms with Crippen LogP contribution in [-0.4, -0.2) is 17.8 Å². The van der Waals surface area contributed by atoms with Crippen LogP contribution < -0.4 is 5.32 Å². The van der Waals surface area contributed by atoms with Crippen LogP contribution in [0, 0.1) is 11.6 Å². The average Bonchev–Trinajstić information content (AvgIpc) is 2.39. The van der Waals surface area contributed by atoms with E-state index in [4.69, 9.17) is 0 Å². The molecule has 1 saturated carbocycles. The van der Waals surface area contributed by atoms with Crippen LogP contribution in [-0.2, 0) is 5.54 Å². The van der Waals surface area contributed by atoms with Gasteiger partial charge in [-0.15, -0.1) is 0 Å². The zero-order valence-electron chi connectivity index (χ0n) is 11.3. The van der Waals surface area contributed by atoms with Crippen molar-refractivity contribution in [2.75, 3.05) is 6.61 Å². The van der Waals surface area contributed by atoms with E-state index in [0.29, 0.717) is 5.56 Å². The third-order valence-electron chi connectivity index (χ3n) is 3.97. The van der Waals surface area contributed by atoms with Crippen molar-refractivity contribution in [1.29, 1.82) is 0 Å². The van der Waals surface area contributed by atoms with Crippen molar-refractivity contribution in [3.8, 4) is 0 Å². The Morgan fingerprint density at radius 3 is 2.53 bits per heavy atom. The highest BCUT2D eigenvalue weighted by molar-refractivity contribution is 5.26. The van der Waals surface area contributed by atoms with Gasteiger partial charge in [0.05, 0.1) is 12.1 Å². The number of rotatable bonds is 4. The van der Waals surface area contributed by atoms with E-state index in [1.807, 2.05) is 0 Å². The number of benzene rings is 1. The van der Waals surface area contributed by atoms with E-state index >= 15 is 0 Å². The number of hydrogen-bond acceptors (Lipinski definition) is 2. The topological polar surface area (TPSA) is 32.3 Å². The summed E-state index contributed by atoms with van der Waals surface area (Å²) in [7, 11) is 0. The summed E-state index contributed by atoms with van der Waals surface area (Å²) in [6, 6.07) is 3.80. The first kappa shape index (κ1) is 14.4. The second-order valence-corrected chi connectivity index (χ2v) is 5.59. The minimum absolute atomic E-state index is 0.216. The zero-order chi connectivity index (χ0) is 13.9. The van der Waals surface area contributed by atoms with Crippen LogP contribution in [0.5, 0.6) is 0 Å². The van der Waals surface area contributed by atoms with Gasteiger partial charge in [-0.25, -0.2) is 8.78 Å². The van der Waals surface area contributed by atoms with Gasteiger partial charge in [-0.05, 0) is 25.8 Å². The van der Waals surface area contributed by atoms with Gasteiger partial charge in [0.1, 0.15) is 11.6 Å². The Labute approximate surface area is 112 Å². The SMILES string of the molecule is CC(CO)(NC1CCCCC1)c1ccc(F)cc1F. The first-order chi connectivity index (χ1) is 9.05. The molecule has 0 amide bonds. The van der Waals surface area contributed by atoms with Gasteiger partial charge >= 0.3 is 0 Å². The van der Waals surface area contributed by atoms with Crippen molar-refractivity contribution in [1.82, 2.24) is 5.32 Å². The standard InChI is InChI=1S/C15H21F2NO/c1-15(10-19,18-12-5-3-2-4-6-12)13-8-7-11(16)9-14(13)17/h7-9,12,18-19H,2-6,10H2,1H3. The Hall–Kier alpha value is -1.00.